The van der Waals surface area contributed by atoms with Crippen LogP contribution in [0.25, 0.3) is 4.91 Å². The lowest BCUT2D eigenvalue weighted by molar-refractivity contribution is -0.142. The number of benzene rings is 2. The quantitative estimate of drug-likeness (QED) is 0.370. The molecule has 214 valence electrons. The number of hydrogen-bond acceptors (Lipinski definition) is 6. The van der Waals surface area contributed by atoms with Gasteiger partial charge in [-0.2, -0.15) is 11.8 Å². The van der Waals surface area contributed by atoms with Gasteiger partial charge in [0.1, 0.15) is 12.1 Å². The molecule has 2 atom stereocenters. The highest BCUT2D eigenvalue weighted by atomic mass is 32.2. The number of carbonyl (C=O) groups excluding carboxylic acids is 3. The molecular weight excluding hydrogens is 541 g/mol. The van der Waals surface area contributed by atoms with Crippen LogP contribution in [0.3, 0.4) is 0 Å². The Morgan fingerprint density at radius 1 is 1.15 bits per heavy atom. The lowest BCUT2D eigenvalue weighted by atomic mass is 9.99. The zero-order valence-corrected chi connectivity index (χ0v) is 25.6. The molecule has 0 aliphatic carbocycles. The number of hydrogen-bond donors (Lipinski definition) is 3. The molecule has 2 unspecified atom stereocenters. The first-order valence-electron chi connectivity index (χ1n) is 13.8. The molecule has 0 radical (unpaired) electrons. The SMILES string of the molecule is C/C(N)=C(/S)c1ccc(CNC(=O)C2CCCN2C(=O)C(N2Cc3ccccc3C2=O)C(C)(C)SC(C)C)cc1. The molecule has 0 spiro atoms. The number of rotatable bonds is 9. The van der Waals surface area contributed by atoms with Gasteiger partial charge in [-0.1, -0.05) is 56.3 Å². The van der Waals surface area contributed by atoms with E-state index in [9.17, 15) is 14.4 Å². The second kappa shape index (κ2) is 12.3. The molecule has 0 aromatic heterocycles. The number of amides is 3. The van der Waals surface area contributed by atoms with Crippen molar-refractivity contribution in [3.05, 3.63) is 76.5 Å². The smallest absolute Gasteiger partial charge is 0.255 e. The summed E-state index contributed by atoms with van der Waals surface area (Å²) in [5, 5.41) is 3.29. The van der Waals surface area contributed by atoms with E-state index in [4.69, 9.17) is 5.73 Å². The fraction of sp³-hybridized carbons (Fsp3) is 0.452. The maximum Gasteiger partial charge on any atom is 0.255 e. The number of carbonyl (C=O) groups is 3. The Morgan fingerprint density at radius 3 is 2.45 bits per heavy atom. The van der Waals surface area contributed by atoms with Crippen molar-refractivity contribution in [1.29, 1.82) is 0 Å². The number of thioether (sulfide) groups is 1. The van der Waals surface area contributed by atoms with Crippen LogP contribution in [0.2, 0.25) is 0 Å². The Bertz CT molecular complexity index is 1300. The van der Waals surface area contributed by atoms with Gasteiger partial charge in [0.05, 0.1) is 0 Å². The van der Waals surface area contributed by atoms with Gasteiger partial charge in [-0.15, -0.1) is 12.6 Å². The fourth-order valence-electron chi connectivity index (χ4n) is 5.74. The summed E-state index contributed by atoms with van der Waals surface area (Å²) in [6.07, 6.45) is 1.34. The van der Waals surface area contributed by atoms with Gasteiger partial charge in [0.15, 0.2) is 0 Å². The molecule has 2 aliphatic rings. The third-order valence-electron chi connectivity index (χ3n) is 7.50. The summed E-state index contributed by atoms with van der Waals surface area (Å²) in [4.78, 5) is 45.4. The molecule has 9 heteroatoms. The molecule has 3 N–H and O–H groups in total. The van der Waals surface area contributed by atoms with Gasteiger partial charge >= 0.3 is 0 Å². The highest BCUT2D eigenvalue weighted by molar-refractivity contribution is 8.01. The first kappa shape index (κ1) is 30.1. The van der Waals surface area contributed by atoms with Crippen LogP contribution < -0.4 is 11.1 Å². The van der Waals surface area contributed by atoms with Crippen molar-refractivity contribution in [2.45, 2.75) is 82.6 Å². The third-order valence-corrected chi connectivity index (χ3v) is 9.41. The van der Waals surface area contributed by atoms with Crippen LogP contribution in [-0.4, -0.2) is 56.1 Å². The first-order chi connectivity index (χ1) is 18.9. The van der Waals surface area contributed by atoms with E-state index in [1.165, 1.54) is 0 Å². The van der Waals surface area contributed by atoms with Crippen LogP contribution in [0.1, 0.15) is 74.5 Å². The van der Waals surface area contributed by atoms with Crippen molar-refractivity contribution in [3.8, 4) is 0 Å². The lowest BCUT2D eigenvalue weighted by Gasteiger charge is -2.42. The first-order valence-corrected chi connectivity index (χ1v) is 15.1. The van der Waals surface area contributed by atoms with E-state index >= 15 is 0 Å². The molecule has 3 amide bonds. The zero-order valence-electron chi connectivity index (χ0n) is 23.9. The van der Waals surface area contributed by atoms with Crippen molar-refractivity contribution < 1.29 is 14.4 Å². The van der Waals surface area contributed by atoms with Gasteiger partial charge in [-0.25, -0.2) is 0 Å². The van der Waals surface area contributed by atoms with E-state index in [1.807, 2.05) is 62.4 Å². The van der Waals surface area contributed by atoms with Crippen LogP contribution in [0, 0.1) is 0 Å². The highest BCUT2D eigenvalue weighted by Gasteiger charge is 2.49. The van der Waals surface area contributed by atoms with Crippen LogP contribution >= 0.6 is 24.4 Å². The number of thiol groups is 1. The summed E-state index contributed by atoms with van der Waals surface area (Å²) < 4.78 is -0.559. The summed E-state index contributed by atoms with van der Waals surface area (Å²) in [5.74, 6) is -0.461. The van der Waals surface area contributed by atoms with Crippen LogP contribution in [0.5, 0.6) is 0 Å². The Labute approximate surface area is 247 Å². The molecule has 2 heterocycles. The lowest BCUT2D eigenvalue weighted by Crippen LogP contribution is -2.60. The van der Waals surface area contributed by atoms with Crippen LogP contribution in [-0.2, 0) is 22.7 Å². The molecule has 2 aromatic rings. The van der Waals surface area contributed by atoms with Crippen molar-refractivity contribution in [1.82, 2.24) is 15.1 Å². The Balaban J connectivity index is 1.52. The molecule has 40 heavy (non-hydrogen) atoms. The topological polar surface area (TPSA) is 95.7 Å². The molecule has 4 rings (SSSR count). The monoisotopic (exact) mass is 580 g/mol. The number of likely N-dealkylation sites (tertiary alicyclic amines) is 1. The van der Waals surface area contributed by atoms with Gasteiger partial charge < -0.3 is 20.9 Å². The van der Waals surface area contributed by atoms with Crippen molar-refractivity contribution in [2.24, 2.45) is 5.73 Å². The van der Waals surface area contributed by atoms with Crippen molar-refractivity contribution >= 4 is 47.0 Å². The minimum atomic E-state index is -0.699. The second-order valence-electron chi connectivity index (χ2n) is 11.4. The summed E-state index contributed by atoms with van der Waals surface area (Å²) in [6, 6.07) is 14.0. The van der Waals surface area contributed by atoms with E-state index in [-0.39, 0.29) is 23.0 Å². The highest BCUT2D eigenvalue weighted by Crippen LogP contribution is 2.39. The molecule has 7 nitrogen and oxygen atoms in total. The van der Waals surface area contributed by atoms with E-state index in [1.54, 1.807) is 28.5 Å². The molecule has 2 aliphatic heterocycles. The van der Waals surface area contributed by atoms with E-state index in [0.29, 0.717) is 37.3 Å². The minimum Gasteiger partial charge on any atom is -0.401 e. The van der Waals surface area contributed by atoms with Gasteiger partial charge in [0, 0.05) is 40.5 Å². The Kier molecular flexibility index (Phi) is 9.25. The number of nitrogens with two attached hydrogens (primary N) is 1. The predicted molar refractivity (Wildman–Crippen MR) is 166 cm³/mol. The summed E-state index contributed by atoms with van der Waals surface area (Å²) >= 11 is 6.13. The minimum absolute atomic E-state index is 0.126. The maximum absolute atomic E-state index is 14.3. The summed E-state index contributed by atoms with van der Waals surface area (Å²) in [7, 11) is 0. The molecule has 1 saturated heterocycles. The average Bonchev–Trinajstić information content (AvgIpc) is 3.52. The number of nitrogens with one attached hydrogen (secondary N) is 1. The average molecular weight is 581 g/mol. The van der Waals surface area contributed by atoms with E-state index in [0.717, 1.165) is 28.0 Å². The summed E-state index contributed by atoms with van der Waals surface area (Å²) in [5.41, 5.74) is 9.92. The largest absolute Gasteiger partial charge is 0.401 e. The number of fused-ring (bicyclic) bond motifs is 1. The Morgan fingerprint density at radius 2 is 1.82 bits per heavy atom. The second-order valence-corrected chi connectivity index (χ2v) is 14.1. The predicted octanol–water partition coefficient (Wildman–Crippen LogP) is 4.82. The maximum atomic E-state index is 14.3. The van der Waals surface area contributed by atoms with Crippen LogP contribution in [0.15, 0.2) is 54.2 Å². The molecule has 2 aromatic carbocycles. The fourth-order valence-corrected chi connectivity index (χ4v) is 7.46. The van der Waals surface area contributed by atoms with E-state index in [2.05, 4.69) is 31.8 Å². The van der Waals surface area contributed by atoms with Gasteiger partial charge in [0.25, 0.3) is 5.91 Å². The molecule has 1 fully saturated rings. The Hall–Kier alpha value is -2.91. The third kappa shape index (κ3) is 6.36. The molecule has 0 bridgehead atoms. The van der Waals surface area contributed by atoms with Gasteiger partial charge in [-0.05, 0) is 61.6 Å². The van der Waals surface area contributed by atoms with Crippen molar-refractivity contribution in [2.75, 3.05) is 6.54 Å². The normalized spacial score (nSPS) is 18.6. The van der Waals surface area contributed by atoms with Crippen molar-refractivity contribution in [3.63, 3.8) is 0 Å². The zero-order chi connectivity index (χ0) is 29.2. The number of nitrogens with zero attached hydrogens (tertiary/aromatic N) is 2. The summed E-state index contributed by atoms with van der Waals surface area (Å²) in [6.45, 7) is 11.3. The standard InChI is InChI=1S/C31H40N4O3S2/c1-19(2)40-31(4,5)27(35-18-23-9-6-7-10-24(23)29(35)37)30(38)34-16-8-11-25(34)28(36)33-17-21-12-14-22(15-13-21)26(39)20(3)32/h6-7,9-10,12-15,19,25,27,39H,8,11,16-18,32H2,1-5H3,(H,33,36)/b26-20-. The number of allylic oxidation sites excluding steroid dienone is 1. The van der Waals surface area contributed by atoms with Gasteiger partial charge in [0.2, 0.25) is 11.8 Å². The molecular formula is C31H40N4O3S2. The molecule has 0 saturated carbocycles. The van der Waals surface area contributed by atoms with Crippen LogP contribution in [0.4, 0.5) is 0 Å². The van der Waals surface area contributed by atoms with E-state index < -0.39 is 16.8 Å². The van der Waals surface area contributed by atoms with Gasteiger partial charge in [-0.3, -0.25) is 14.4 Å².